The molecule has 2 saturated carbocycles. The van der Waals surface area contributed by atoms with Crippen molar-refractivity contribution in [3.05, 3.63) is 91.0 Å². The summed E-state index contributed by atoms with van der Waals surface area (Å²) >= 11 is 0. The number of non-ortho nitro benzene ring substituents is 2. The van der Waals surface area contributed by atoms with Crippen molar-refractivity contribution in [2.75, 3.05) is 0 Å². The monoisotopic (exact) mass is 418 g/mol. The Balaban J connectivity index is 1.55. The lowest BCUT2D eigenvalue weighted by molar-refractivity contribution is -0.385. The van der Waals surface area contributed by atoms with Crippen LogP contribution < -0.4 is 0 Å². The topological polar surface area (TPSA) is 120 Å². The first-order chi connectivity index (χ1) is 14.8. The Bertz CT molecular complexity index is 1050. The van der Waals surface area contributed by atoms with Gasteiger partial charge in [-0.3, -0.25) is 29.8 Å². The number of carbonyl (C=O) groups excluding carboxylic acids is 2. The highest BCUT2D eigenvalue weighted by Gasteiger charge is 2.41. The van der Waals surface area contributed by atoms with E-state index in [-0.39, 0.29) is 34.8 Å². The average molecular weight is 418 g/mol. The molecular formula is C23H18N2O6. The summed E-state index contributed by atoms with van der Waals surface area (Å²) in [6.45, 7) is 0. The first kappa shape index (κ1) is 20.3. The molecule has 4 rings (SSSR count). The number of fused-ring (bicyclic) bond motifs is 2. The Morgan fingerprint density at radius 2 is 1.03 bits per heavy atom. The number of hydrogen-bond acceptors (Lipinski definition) is 6. The molecule has 0 unspecified atom stereocenters. The molecule has 0 aliphatic heterocycles. The summed E-state index contributed by atoms with van der Waals surface area (Å²) < 4.78 is 0. The Kier molecular flexibility index (Phi) is 5.29. The van der Waals surface area contributed by atoms with E-state index in [4.69, 9.17) is 0 Å². The maximum Gasteiger partial charge on any atom is 0.269 e. The minimum Gasteiger partial charge on any atom is -0.294 e. The SMILES string of the molecule is O=C1/C(=C\c2ccc([N+](=O)[O-])cc2)C[C@@H]2C[C@@H]1C/C(=C\c1ccc([N+](=O)[O-])cc1)C2=O. The third-order valence-corrected chi connectivity index (χ3v) is 5.77. The second-order valence-electron chi connectivity index (χ2n) is 7.80. The van der Waals surface area contributed by atoms with E-state index >= 15 is 0 Å². The van der Waals surface area contributed by atoms with Crippen LogP contribution in [-0.2, 0) is 9.59 Å². The lowest BCUT2D eigenvalue weighted by atomic mass is 9.66. The molecule has 2 aliphatic carbocycles. The molecule has 0 spiro atoms. The maximum atomic E-state index is 12.9. The van der Waals surface area contributed by atoms with Crippen LogP contribution in [-0.4, -0.2) is 21.4 Å². The first-order valence-corrected chi connectivity index (χ1v) is 9.80. The van der Waals surface area contributed by atoms with Gasteiger partial charge in [-0.2, -0.15) is 0 Å². The number of ketones is 2. The van der Waals surface area contributed by atoms with E-state index in [0.29, 0.717) is 41.5 Å². The van der Waals surface area contributed by atoms with Crippen LogP contribution in [0.15, 0.2) is 59.7 Å². The quantitative estimate of drug-likeness (QED) is 0.408. The van der Waals surface area contributed by atoms with Crippen molar-refractivity contribution in [2.24, 2.45) is 11.8 Å². The van der Waals surface area contributed by atoms with E-state index in [0.717, 1.165) is 0 Å². The van der Waals surface area contributed by atoms with E-state index in [1.165, 1.54) is 24.3 Å². The van der Waals surface area contributed by atoms with Crippen LogP contribution in [0.1, 0.15) is 30.4 Å². The molecule has 2 aliphatic rings. The van der Waals surface area contributed by atoms with Gasteiger partial charge in [-0.05, 0) is 78.0 Å². The molecule has 0 radical (unpaired) electrons. The van der Waals surface area contributed by atoms with Crippen LogP contribution in [0, 0.1) is 32.1 Å². The Morgan fingerprint density at radius 3 is 1.35 bits per heavy atom. The van der Waals surface area contributed by atoms with Crippen LogP contribution >= 0.6 is 0 Å². The van der Waals surface area contributed by atoms with E-state index in [9.17, 15) is 29.8 Å². The van der Waals surface area contributed by atoms with Gasteiger partial charge in [-0.15, -0.1) is 0 Å². The zero-order chi connectivity index (χ0) is 22.1. The van der Waals surface area contributed by atoms with Gasteiger partial charge in [0, 0.05) is 36.1 Å². The van der Waals surface area contributed by atoms with Crippen molar-refractivity contribution in [1.82, 2.24) is 0 Å². The molecule has 2 atom stereocenters. The lowest BCUT2D eigenvalue weighted by Gasteiger charge is -2.35. The zero-order valence-electron chi connectivity index (χ0n) is 16.4. The predicted octanol–water partition coefficient (Wildman–Crippen LogP) is 4.54. The van der Waals surface area contributed by atoms with Gasteiger partial charge in [0.15, 0.2) is 11.6 Å². The number of benzene rings is 2. The molecule has 0 amide bonds. The summed E-state index contributed by atoms with van der Waals surface area (Å²) in [4.78, 5) is 46.5. The smallest absolute Gasteiger partial charge is 0.269 e. The number of rotatable bonds is 4. The van der Waals surface area contributed by atoms with Gasteiger partial charge in [-0.1, -0.05) is 0 Å². The van der Waals surface area contributed by atoms with Gasteiger partial charge in [0.05, 0.1) is 9.85 Å². The molecule has 2 bridgehead atoms. The summed E-state index contributed by atoms with van der Waals surface area (Å²) in [7, 11) is 0. The van der Waals surface area contributed by atoms with Crippen LogP contribution in [0.2, 0.25) is 0 Å². The van der Waals surface area contributed by atoms with Crippen molar-refractivity contribution in [2.45, 2.75) is 19.3 Å². The normalized spacial score (nSPS) is 23.2. The molecule has 8 heteroatoms. The molecular weight excluding hydrogens is 400 g/mol. The van der Waals surface area contributed by atoms with Crippen molar-refractivity contribution in [3.63, 3.8) is 0 Å². The van der Waals surface area contributed by atoms with Crippen LogP contribution in [0.3, 0.4) is 0 Å². The van der Waals surface area contributed by atoms with Gasteiger partial charge in [-0.25, -0.2) is 0 Å². The summed E-state index contributed by atoms with van der Waals surface area (Å²) in [6, 6.07) is 11.9. The Hall–Kier alpha value is -3.94. The van der Waals surface area contributed by atoms with Crippen LogP contribution in [0.25, 0.3) is 12.2 Å². The van der Waals surface area contributed by atoms with E-state index in [2.05, 4.69) is 0 Å². The number of nitro benzene ring substituents is 2. The molecule has 2 aromatic carbocycles. The second kappa shape index (κ2) is 8.06. The predicted molar refractivity (Wildman–Crippen MR) is 113 cm³/mol. The third kappa shape index (κ3) is 4.18. The fourth-order valence-corrected chi connectivity index (χ4v) is 4.21. The van der Waals surface area contributed by atoms with E-state index in [1.54, 1.807) is 36.4 Å². The van der Waals surface area contributed by atoms with E-state index in [1.807, 2.05) is 0 Å². The second-order valence-corrected chi connectivity index (χ2v) is 7.80. The maximum absolute atomic E-state index is 12.9. The molecule has 0 aromatic heterocycles. The molecule has 156 valence electrons. The average Bonchev–Trinajstić information content (AvgIpc) is 2.75. The van der Waals surface area contributed by atoms with Gasteiger partial charge in [0.1, 0.15) is 0 Å². The van der Waals surface area contributed by atoms with Crippen molar-refractivity contribution in [3.8, 4) is 0 Å². The van der Waals surface area contributed by atoms with Crippen molar-refractivity contribution >= 4 is 35.1 Å². The van der Waals surface area contributed by atoms with Crippen molar-refractivity contribution < 1.29 is 19.4 Å². The minimum absolute atomic E-state index is 0.00305. The fraction of sp³-hybridized carbons (Fsp3) is 0.217. The molecule has 0 heterocycles. The highest BCUT2D eigenvalue weighted by Crippen LogP contribution is 2.41. The van der Waals surface area contributed by atoms with Gasteiger partial charge >= 0.3 is 0 Å². The van der Waals surface area contributed by atoms with Gasteiger partial charge < -0.3 is 0 Å². The van der Waals surface area contributed by atoms with Crippen LogP contribution in [0.5, 0.6) is 0 Å². The summed E-state index contributed by atoms with van der Waals surface area (Å²) in [5, 5.41) is 21.6. The van der Waals surface area contributed by atoms with Crippen LogP contribution in [0.4, 0.5) is 11.4 Å². The van der Waals surface area contributed by atoms with Gasteiger partial charge in [0.2, 0.25) is 0 Å². The lowest BCUT2D eigenvalue weighted by Crippen LogP contribution is -2.37. The third-order valence-electron chi connectivity index (χ3n) is 5.77. The minimum atomic E-state index is -0.482. The number of nitro groups is 2. The zero-order valence-corrected chi connectivity index (χ0v) is 16.4. The molecule has 2 fully saturated rings. The molecule has 0 saturated heterocycles. The first-order valence-electron chi connectivity index (χ1n) is 9.80. The molecule has 8 nitrogen and oxygen atoms in total. The Morgan fingerprint density at radius 1 is 0.677 bits per heavy atom. The number of nitrogens with zero attached hydrogens (tertiary/aromatic N) is 2. The number of allylic oxidation sites excluding steroid dienone is 2. The van der Waals surface area contributed by atoms with Gasteiger partial charge in [0.25, 0.3) is 11.4 Å². The number of Topliss-reactive ketones (excluding diaryl/α,β-unsaturated/α-hetero) is 2. The fourth-order valence-electron chi connectivity index (χ4n) is 4.21. The van der Waals surface area contributed by atoms with Crippen molar-refractivity contribution in [1.29, 1.82) is 0 Å². The number of carbonyl (C=O) groups is 2. The highest BCUT2D eigenvalue weighted by molar-refractivity contribution is 6.10. The Labute approximate surface area is 177 Å². The summed E-state index contributed by atoms with van der Waals surface area (Å²) in [6.07, 6.45) is 4.62. The molecule has 2 aromatic rings. The summed E-state index contributed by atoms with van der Waals surface area (Å²) in [5.74, 6) is -0.580. The summed E-state index contributed by atoms with van der Waals surface area (Å²) in [5.41, 5.74) is 2.46. The highest BCUT2D eigenvalue weighted by atomic mass is 16.6. The standard InChI is InChI=1S/C23H18N2O6/c26-22-16(9-14-1-5-20(6-2-14)24(28)29)11-18-13-19(22)12-17(23(18)27)10-15-3-7-21(8-4-15)25(30)31/h1-10,18-19H,11-13H2/b16-9-,17-10+/t18-,19+/m1/s1. The van der Waals surface area contributed by atoms with E-state index < -0.39 is 9.85 Å². The number of hydrogen-bond donors (Lipinski definition) is 0. The molecule has 31 heavy (non-hydrogen) atoms. The largest absolute Gasteiger partial charge is 0.294 e. The molecule has 0 N–H and O–H groups in total.